The molecule has 0 radical (unpaired) electrons. The van der Waals surface area contributed by atoms with E-state index in [4.69, 9.17) is 0 Å². The topological polar surface area (TPSA) is 85.5 Å². The molecule has 0 spiro atoms. The van der Waals surface area contributed by atoms with Crippen molar-refractivity contribution in [2.24, 2.45) is 0 Å². The number of thioether (sulfide) groups is 1. The highest BCUT2D eigenvalue weighted by Crippen LogP contribution is 2.33. The number of aromatic amines is 1. The van der Waals surface area contributed by atoms with E-state index in [-0.39, 0.29) is 23.0 Å². The van der Waals surface area contributed by atoms with Gasteiger partial charge >= 0.3 is 10.7 Å². The fraction of sp³-hybridized carbons (Fsp3) is 0.318. The molecule has 156 valence electrons. The summed E-state index contributed by atoms with van der Waals surface area (Å²) in [7, 11) is 0. The van der Waals surface area contributed by atoms with Gasteiger partial charge in [0.1, 0.15) is 17.7 Å². The maximum Gasteiger partial charge on any atom is 0.347 e. The molecule has 0 saturated carbocycles. The van der Waals surface area contributed by atoms with E-state index in [1.807, 2.05) is 6.92 Å². The van der Waals surface area contributed by atoms with E-state index in [1.54, 1.807) is 40.2 Å². The van der Waals surface area contributed by atoms with Crippen LogP contribution in [0, 0.1) is 6.92 Å². The molecule has 3 N–H and O–H groups in total. The van der Waals surface area contributed by atoms with Gasteiger partial charge in [-0.2, -0.15) is 4.57 Å². The third kappa shape index (κ3) is 4.02. The standard InChI is InChI=1S/C22H23N3O3S2/c1-3-10-25-21(28)19-14-6-4-5-7-17(14)30-20(19)24-22(25)29-12-18(27)23-15-11-13(2)8-9-16(15)26/h3,8-9,11,26H,1,4-7,10,12H2,2H3,(H,23,27)/p+1. The molecule has 4 rings (SSSR count). The number of aryl methyl sites for hydroxylation is 3. The van der Waals surface area contributed by atoms with E-state index in [9.17, 15) is 14.7 Å². The lowest BCUT2D eigenvalue weighted by Crippen LogP contribution is -2.30. The lowest BCUT2D eigenvalue weighted by Gasteiger charge is -2.09. The Balaban J connectivity index is 1.61. The largest absolute Gasteiger partial charge is 0.506 e. The summed E-state index contributed by atoms with van der Waals surface area (Å²) in [6.07, 6.45) is 5.93. The second kappa shape index (κ2) is 8.65. The van der Waals surface area contributed by atoms with Gasteiger partial charge in [0.25, 0.3) is 0 Å². The Bertz CT molecular complexity index is 1200. The minimum atomic E-state index is -0.252. The first-order chi connectivity index (χ1) is 14.5. The Morgan fingerprint density at radius 2 is 2.20 bits per heavy atom. The minimum Gasteiger partial charge on any atom is -0.506 e. The number of aromatic nitrogens is 2. The van der Waals surface area contributed by atoms with E-state index >= 15 is 0 Å². The zero-order valence-corrected chi connectivity index (χ0v) is 18.4. The van der Waals surface area contributed by atoms with Gasteiger partial charge in [-0.25, -0.2) is 9.78 Å². The Morgan fingerprint density at radius 1 is 1.40 bits per heavy atom. The second-order valence-corrected chi connectivity index (χ2v) is 9.48. The summed E-state index contributed by atoms with van der Waals surface area (Å²) < 4.78 is 1.65. The molecule has 3 aromatic rings. The summed E-state index contributed by atoms with van der Waals surface area (Å²) in [6.45, 7) is 6.04. The number of nitrogens with one attached hydrogen (secondary N) is 2. The van der Waals surface area contributed by atoms with Crippen LogP contribution in [0.1, 0.15) is 28.8 Å². The molecule has 0 unspecified atom stereocenters. The summed E-state index contributed by atoms with van der Waals surface area (Å²) in [5.74, 6) is -0.117. The van der Waals surface area contributed by atoms with Gasteiger partial charge in [-0.1, -0.05) is 30.1 Å². The van der Waals surface area contributed by atoms with Crippen molar-refractivity contribution in [3.63, 3.8) is 0 Å². The fourth-order valence-electron chi connectivity index (χ4n) is 3.75. The molecule has 1 aliphatic rings. The number of H-pyrrole nitrogens is 1. The zero-order valence-electron chi connectivity index (χ0n) is 16.8. The lowest BCUT2D eigenvalue weighted by molar-refractivity contribution is -0.404. The molecule has 1 aliphatic carbocycles. The fourth-order valence-corrected chi connectivity index (χ4v) is 5.92. The average Bonchev–Trinajstić information content (AvgIpc) is 3.10. The van der Waals surface area contributed by atoms with E-state index in [2.05, 4.69) is 16.9 Å². The van der Waals surface area contributed by atoms with Gasteiger partial charge in [-0.05, 0) is 67.6 Å². The molecule has 6 nitrogen and oxygen atoms in total. The Hall–Kier alpha value is -2.58. The number of amides is 1. The van der Waals surface area contributed by atoms with Crippen LogP contribution in [0.3, 0.4) is 0 Å². The molecular weight excluding hydrogens is 418 g/mol. The van der Waals surface area contributed by atoms with Crippen LogP contribution in [0.2, 0.25) is 0 Å². The van der Waals surface area contributed by atoms with Crippen LogP contribution in [0.4, 0.5) is 5.69 Å². The van der Waals surface area contributed by atoms with Crippen LogP contribution in [0.25, 0.3) is 10.2 Å². The lowest BCUT2D eigenvalue weighted by atomic mass is 9.97. The summed E-state index contributed by atoms with van der Waals surface area (Å²) in [4.78, 5) is 31.3. The van der Waals surface area contributed by atoms with Crippen molar-refractivity contribution in [2.45, 2.75) is 44.3 Å². The normalized spacial score (nSPS) is 13.2. The van der Waals surface area contributed by atoms with Crippen LogP contribution < -0.4 is 15.9 Å². The number of allylic oxidation sites excluding steroid dienone is 1. The highest BCUT2D eigenvalue weighted by atomic mass is 32.2. The SMILES string of the molecule is C=CCn1c(SCC(=O)Nc2cc(C)ccc2O)[nH+]c2sc3c(c2c1=O)CCCC3. The van der Waals surface area contributed by atoms with E-state index in [0.29, 0.717) is 17.4 Å². The number of carbonyl (C=O) groups excluding carboxylic acids is 1. The molecule has 0 fully saturated rings. The van der Waals surface area contributed by atoms with Gasteiger partial charge < -0.3 is 10.4 Å². The van der Waals surface area contributed by atoms with Gasteiger partial charge in [-0.15, -0.1) is 0 Å². The Labute approximate surface area is 182 Å². The van der Waals surface area contributed by atoms with Crippen LogP contribution in [-0.2, 0) is 24.2 Å². The molecule has 30 heavy (non-hydrogen) atoms. The molecule has 2 heterocycles. The van der Waals surface area contributed by atoms with Crippen LogP contribution in [0.15, 0.2) is 40.8 Å². The number of hydrogen-bond donors (Lipinski definition) is 2. The molecular formula is C22H24N3O3S2+. The average molecular weight is 443 g/mol. The predicted octanol–water partition coefficient (Wildman–Crippen LogP) is 3.69. The molecule has 0 aliphatic heterocycles. The number of hydrogen-bond acceptors (Lipinski definition) is 5. The quantitative estimate of drug-likeness (QED) is 0.264. The highest BCUT2D eigenvalue weighted by molar-refractivity contribution is 7.99. The van der Waals surface area contributed by atoms with E-state index < -0.39 is 0 Å². The van der Waals surface area contributed by atoms with Gasteiger partial charge in [0.15, 0.2) is 4.83 Å². The van der Waals surface area contributed by atoms with Crippen molar-refractivity contribution < 1.29 is 14.9 Å². The number of aromatic hydroxyl groups is 1. The summed E-state index contributed by atoms with van der Waals surface area (Å²) in [5.41, 5.74) is 2.48. The first-order valence-corrected chi connectivity index (χ1v) is 11.7. The number of nitrogens with zero attached hydrogens (tertiary/aromatic N) is 1. The molecule has 0 bridgehead atoms. The number of thiophene rings is 1. The molecule has 0 saturated heterocycles. The predicted molar refractivity (Wildman–Crippen MR) is 122 cm³/mol. The van der Waals surface area contributed by atoms with Gasteiger partial charge in [0.05, 0.1) is 11.4 Å². The molecule has 0 atom stereocenters. The van der Waals surface area contributed by atoms with Crippen molar-refractivity contribution in [1.82, 2.24) is 4.57 Å². The zero-order chi connectivity index (χ0) is 21.3. The number of anilines is 1. The molecule has 2 aromatic heterocycles. The second-order valence-electron chi connectivity index (χ2n) is 7.41. The first kappa shape index (κ1) is 20.7. The maximum absolute atomic E-state index is 13.2. The maximum atomic E-state index is 13.2. The Kier molecular flexibility index (Phi) is 5.97. The van der Waals surface area contributed by atoms with Crippen molar-refractivity contribution in [1.29, 1.82) is 0 Å². The van der Waals surface area contributed by atoms with Crippen molar-refractivity contribution in [3.8, 4) is 5.75 Å². The number of phenols is 1. The van der Waals surface area contributed by atoms with Crippen molar-refractivity contribution in [3.05, 3.63) is 57.2 Å². The highest BCUT2D eigenvalue weighted by Gasteiger charge is 2.26. The van der Waals surface area contributed by atoms with Crippen LogP contribution >= 0.6 is 23.1 Å². The molecule has 8 heteroatoms. The van der Waals surface area contributed by atoms with E-state index in [0.717, 1.165) is 41.5 Å². The monoisotopic (exact) mass is 442 g/mol. The number of rotatable bonds is 6. The summed E-state index contributed by atoms with van der Waals surface area (Å²) >= 11 is 2.93. The third-order valence-corrected chi connectivity index (χ3v) is 7.38. The third-order valence-electron chi connectivity index (χ3n) is 5.17. The van der Waals surface area contributed by atoms with Gasteiger partial charge in [0, 0.05) is 4.88 Å². The summed E-state index contributed by atoms with van der Waals surface area (Å²) in [6, 6.07) is 5.05. The minimum absolute atomic E-state index is 0.0257. The first-order valence-electron chi connectivity index (χ1n) is 9.91. The van der Waals surface area contributed by atoms with Gasteiger partial charge in [-0.3, -0.25) is 4.79 Å². The number of carbonyl (C=O) groups is 1. The number of benzene rings is 1. The molecule has 1 amide bonds. The van der Waals surface area contributed by atoms with E-state index in [1.165, 1.54) is 22.2 Å². The Morgan fingerprint density at radius 3 is 3.00 bits per heavy atom. The van der Waals surface area contributed by atoms with Gasteiger partial charge in [0.2, 0.25) is 5.91 Å². The number of phenolic OH excluding ortho intramolecular Hbond substituents is 1. The number of fused-ring (bicyclic) bond motifs is 3. The van der Waals surface area contributed by atoms with Crippen molar-refractivity contribution >= 4 is 44.9 Å². The summed E-state index contributed by atoms with van der Waals surface area (Å²) in [5, 5.41) is 14.1. The van der Waals surface area contributed by atoms with Crippen molar-refractivity contribution in [2.75, 3.05) is 11.1 Å². The van der Waals surface area contributed by atoms with Crippen LogP contribution in [-0.4, -0.2) is 21.3 Å². The smallest absolute Gasteiger partial charge is 0.347 e. The van der Waals surface area contributed by atoms with Crippen LogP contribution in [0.5, 0.6) is 5.75 Å². The molecule has 1 aromatic carbocycles.